The molecule has 0 aromatic heterocycles. The zero-order chi connectivity index (χ0) is 11.1. The summed E-state index contributed by atoms with van der Waals surface area (Å²) >= 11 is 1.60. The fraction of sp³-hybridized carbons (Fsp3) is 0.385. The molecule has 0 aromatic rings. The molecule has 0 fully saturated rings. The second-order valence-electron chi connectivity index (χ2n) is 5.25. The molecule has 0 radical (unpaired) electrons. The van der Waals surface area contributed by atoms with Crippen LogP contribution in [0.4, 0.5) is 0 Å². The van der Waals surface area contributed by atoms with Gasteiger partial charge in [0.1, 0.15) is 0 Å². The van der Waals surface area contributed by atoms with Gasteiger partial charge in [-0.1, -0.05) is 0 Å². The first-order valence-electron chi connectivity index (χ1n) is 5.52. The molecular formula is C13H17SiZr. The zero-order valence-electron chi connectivity index (χ0n) is 9.72. The Hall–Kier alpha value is 0.0600. The minimum atomic E-state index is -1.15. The predicted molar refractivity (Wildman–Crippen MR) is 64.9 cm³/mol. The molecule has 15 heavy (non-hydrogen) atoms. The van der Waals surface area contributed by atoms with Gasteiger partial charge in [0, 0.05) is 0 Å². The van der Waals surface area contributed by atoms with Crippen molar-refractivity contribution in [1.82, 2.24) is 0 Å². The molecule has 2 aliphatic carbocycles. The van der Waals surface area contributed by atoms with Crippen LogP contribution in [0.5, 0.6) is 0 Å². The summed E-state index contributed by atoms with van der Waals surface area (Å²) in [6.45, 7) is 7.36. The topological polar surface area (TPSA) is 0 Å². The van der Waals surface area contributed by atoms with Crippen LogP contribution in [0.2, 0.25) is 19.6 Å². The van der Waals surface area contributed by atoms with E-state index in [4.69, 9.17) is 0 Å². The van der Waals surface area contributed by atoms with Crippen molar-refractivity contribution in [3.8, 4) is 0 Å². The van der Waals surface area contributed by atoms with E-state index in [1.54, 1.807) is 44.3 Å². The summed E-state index contributed by atoms with van der Waals surface area (Å²) in [6, 6.07) is 0. The molecule has 2 rings (SSSR count). The Morgan fingerprint density at radius 1 is 1.20 bits per heavy atom. The molecule has 2 heteroatoms. The first kappa shape index (κ1) is 11.5. The van der Waals surface area contributed by atoms with E-state index < -0.39 is 8.07 Å². The Morgan fingerprint density at radius 2 is 1.93 bits per heavy atom. The molecule has 0 saturated heterocycles. The van der Waals surface area contributed by atoms with Gasteiger partial charge in [-0.15, -0.1) is 0 Å². The third-order valence-corrected chi connectivity index (χ3v) is 6.17. The average molecular weight is 293 g/mol. The van der Waals surface area contributed by atoms with E-state index in [2.05, 4.69) is 43.9 Å². The molecule has 0 heterocycles. The van der Waals surface area contributed by atoms with E-state index in [1.165, 1.54) is 6.42 Å². The zero-order valence-corrected chi connectivity index (χ0v) is 13.2. The van der Waals surface area contributed by atoms with Crippen LogP contribution in [0.1, 0.15) is 12.8 Å². The maximum atomic E-state index is 2.49. The van der Waals surface area contributed by atoms with Crippen LogP contribution in [0.15, 0.2) is 43.9 Å². The Kier molecular flexibility index (Phi) is 3.19. The van der Waals surface area contributed by atoms with Gasteiger partial charge in [-0.2, -0.15) is 0 Å². The summed E-state index contributed by atoms with van der Waals surface area (Å²) in [6.07, 6.45) is 11.6. The van der Waals surface area contributed by atoms with E-state index in [1.807, 2.05) is 0 Å². The van der Waals surface area contributed by atoms with Crippen molar-refractivity contribution >= 4 is 8.07 Å². The summed E-state index contributed by atoms with van der Waals surface area (Å²) in [5, 5.41) is 1.70. The molecule has 0 unspecified atom stereocenters. The van der Waals surface area contributed by atoms with Crippen LogP contribution >= 0.6 is 0 Å². The molecule has 0 aliphatic heterocycles. The van der Waals surface area contributed by atoms with Crippen LogP contribution in [-0.4, -0.2) is 8.07 Å². The summed E-state index contributed by atoms with van der Waals surface area (Å²) in [5.74, 6) is 0. The van der Waals surface area contributed by atoms with E-state index >= 15 is 0 Å². The fourth-order valence-corrected chi connectivity index (χ4v) is 5.31. The number of hydrogen-bond donors (Lipinski definition) is 0. The van der Waals surface area contributed by atoms with E-state index in [0.29, 0.717) is 0 Å². The summed E-state index contributed by atoms with van der Waals surface area (Å²) in [5.41, 5.74) is 3.20. The molecule has 0 bridgehead atoms. The third-order valence-electron chi connectivity index (χ3n) is 2.98. The van der Waals surface area contributed by atoms with Gasteiger partial charge in [0.05, 0.1) is 0 Å². The minimum absolute atomic E-state index is 1.15. The van der Waals surface area contributed by atoms with Crippen molar-refractivity contribution in [2.24, 2.45) is 0 Å². The van der Waals surface area contributed by atoms with Gasteiger partial charge in [0.15, 0.2) is 0 Å². The predicted octanol–water partition coefficient (Wildman–Crippen LogP) is 3.88. The Labute approximate surface area is 109 Å². The molecule has 0 aromatic carbocycles. The van der Waals surface area contributed by atoms with Gasteiger partial charge in [0.25, 0.3) is 0 Å². The Bertz CT molecular complexity index is 403. The standard InChI is InChI=1S/C13H17Si.Zr/c1-14(2,3)13-10-6-9-12(13)11-7-4-5-8-11;/h4-5,7,10H,6,8H2,1-3H3;. The van der Waals surface area contributed by atoms with Crippen molar-refractivity contribution in [3.63, 3.8) is 0 Å². The van der Waals surface area contributed by atoms with Crippen LogP contribution in [0.25, 0.3) is 0 Å². The van der Waals surface area contributed by atoms with Crippen LogP contribution in [-0.2, 0) is 24.7 Å². The van der Waals surface area contributed by atoms with Crippen molar-refractivity contribution in [2.75, 3.05) is 0 Å². The SMILES string of the molecule is C[Si](C)(C)C1=CC[C]([Zr])=C1C1=CC=CC1. The molecular weight excluding hydrogens is 275 g/mol. The fourth-order valence-electron chi connectivity index (χ4n) is 2.25. The molecule has 0 amide bonds. The monoisotopic (exact) mass is 291 g/mol. The molecule has 0 atom stereocenters. The maximum absolute atomic E-state index is 2.49. The molecule has 0 N–H and O–H groups in total. The van der Waals surface area contributed by atoms with E-state index in [0.717, 1.165) is 6.42 Å². The van der Waals surface area contributed by atoms with Crippen molar-refractivity contribution in [3.05, 3.63) is 43.9 Å². The summed E-state index contributed by atoms with van der Waals surface area (Å²) in [4.78, 5) is 0. The summed E-state index contributed by atoms with van der Waals surface area (Å²) in [7, 11) is -1.15. The second kappa shape index (κ2) is 4.14. The normalized spacial score (nSPS) is 20.9. The van der Waals surface area contributed by atoms with Gasteiger partial charge < -0.3 is 0 Å². The van der Waals surface area contributed by atoms with Gasteiger partial charge in [-0.05, 0) is 0 Å². The molecule has 2 aliphatic rings. The van der Waals surface area contributed by atoms with Gasteiger partial charge in [0.2, 0.25) is 0 Å². The Balaban J connectivity index is 2.37. The Morgan fingerprint density at radius 3 is 2.47 bits per heavy atom. The van der Waals surface area contributed by atoms with E-state index in [-0.39, 0.29) is 0 Å². The van der Waals surface area contributed by atoms with Gasteiger partial charge in [-0.3, -0.25) is 0 Å². The second-order valence-corrected chi connectivity index (χ2v) is 11.8. The first-order chi connectivity index (χ1) is 7.00. The molecule has 77 valence electrons. The molecule has 0 nitrogen and oxygen atoms in total. The van der Waals surface area contributed by atoms with Gasteiger partial charge in [-0.25, -0.2) is 0 Å². The first-order valence-corrected chi connectivity index (χ1v) is 10.2. The van der Waals surface area contributed by atoms with Gasteiger partial charge >= 0.3 is 109 Å². The number of allylic oxidation sites excluding steroid dienone is 8. The third kappa shape index (κ3) is 2.26. The van der Waals surface area contributed by atoms with Crippen molar-refractivity contribution in [2.45, 2.75) is 32.5 Å². The van der Waals surface area contributed by atoms with Crippen LogP contribution < -0.4 is 0 Å². The van der Waals surface area contributed by atoms with Crippen LogP contribution in [0, 0.1) is 0 Å². The van der Waals surface area contributed by atoms with E-state index in [9.17, 15) is 0 Å². The summed E-state index contributed by atoms with van der Waals surface area (Å²) < 4.78 is 1.66. The molecule has 0 saturated carbocycles. The number of rotatable bonds is 2. The number of hydrogen-bond acceptors (Lipinski definition) is 0. The van der Waals surface area contributed by atoms with Crippen molar-refractivity contribution in [1.29, 1.82) is 0 Å². The molecule has 0 spiro atoms. The van der Waals surface area contributed by atoms with Crippen molar-refractivity contribution < 1.29 is 24.7 Å². The quantitative estimate of drug-likeness (QED) is 0.678. The average Bonchev–Trinajstić information content (AvgIpc) is 2.69. The van der Waals surface area contributed by atoms with Crippen LogP contribution in [0.3, 0.4) is 0 Å².